The molecule has 1 heterocycles. The molecule has 1 aromatic rings. The molecule has 0 bridgehead atoms. The standard InChI is InChI=1S/C6H8N2O2/c7-4-10-6(8)5-2-1-3-9-5/h1-3,8H,4,7H2. The third-order valence-corrected chi connectivity index (χ3v) is 0.973. The van der Waals surface area contributed by atoms with Gasteiger partial charge in [0, 0.05) is 0 Å². The molecule has 0 radical (unpaired) electrons. The van der Waals surface area contributed by atoms with Crippen LogP contribution in [0.2, 0.25) is 0 Å². The van der Waals surface area contributed by atoms with Gasteiger partial charge in [0.15, 0.2) is 5.76 Å². The van der Waals surface area contributed by atoms with Crippen LogP contribution in [0.25, 0.3) is 0 Å². The molecular weight excluding hydrogens is 132 g/mol. The Kier molecular flexibility index (Phi) is 2.07. The number of nitrogens with two attached hydrogens (primary N) is 1. The summed E-state index contributed by atoms with van der Waals surface area (Å²) >= 11 is 0. The van der Waals surface area contributed by atoms with Crippen LogP contribution in [0.3, 0.4) is 0 Å². The molecule has 0 saturated carbocycles. The molecule has 0 atom stereocenters. The lowest BCUT2D eigenvalue weighted by molar-refractivity contribution is 0.306. The highest BCUT2D eigenvalue weighted by atomic mass is 16.5. The lowest BCUT2D eigenvalue weighted by Gasteiger charge is -1.98. The minimum atomic E-state index is -0.0347. The maximum absolute atomic E-state index is 7.15. The normalized spacial score (nSPS) is 9.30. The summed E-state index contributed by atoms with van der Waals surface area (Å²) < 4.78 is 9.50. The van der Waals surface area contributed by atoms with Gasteiger partial charge in [-0.05, 0) is 12.1 Å². The van der Waals surface area contributed by atoms with E-state index in [2.05, 4.69) is 4.74 Å². The van der Waals surface area contributed by atoms with E-state index < -0.39 is 0 Å². The van der Waals surface area contributed by atoms with Crippen molar-refractivity contribution >= 4 is 5.90 Å². The first kappa shape index (κ1) is 6.82. The van der Waals surface area contributed by atoms with Crippen molar-refractivity contribution in [2.45, 2.75) is 0 Å². The van der Waals surface area contributed by atoms with Crippen LogP contribution >= 0.6 is 0 Å². The van der Waals surface area contributed by atoms with E-state index in [1.807, 2.05) is 0 Å². The van der Waals surface area contributed by atoms with Crippen molar-refractivity contribution in [2.24, 2.45) is 5.73 Å². The Balaban J connectivity index is 2.59. The SMILES string of the molecule is N=C(OCN)c1ccco1. The van der Waals surface area contributed by atoms with Gasteiger partial charge in [-0.3, -0.25) is 11.1 Å². The number of hydrogen-bond donors (Lipinski definition) is 2. The molecule has 3 N–H and O–H groups in total. The summed E-state index contributed by atoms with van der Waals surface area (Å²) in [5.74, 6) is 0.359. The Morgan fingerprint density at radius 1 is 1.80 bits per heavy atom. The van der Waals surface area contributed by atoms with Gasteiger partial charge in [0.1, 0.15) is 6.73 Å². The van der Waals surface area contributed by atoms with E-state index in [4.69, 9.17) is 15.6 Å². The number of rotatable bonds is 2. The first-order chi connectivity index (χ1) is 4.84. The maximum atomic E-state index is 7.15. The van der Waals surface area contributed by atoms with Gasteiger partial charge in [-0.1, -0.05) is 0 Å². The summed E-state index contributed by atoms with van der Waals surface area (Å²) in [6.07, 6.45) is 1.48. The quantitative estimate of drug-likeness (QED) is 0.357. The van der Waals surface area contributed by atoms with Crippen molar-refractivity contribution in [2.75, 3.05) is 6.73 Å². The molecule has 0 aliphatic carbocycles. The van der Waals surface area contributed by atoms with Crippen molar-refractivity contribution in [1.82, 2.24) is 0 Å². The topological polar surface area (TPSA) is 72.2 Å². The zero-order chi connectivity index (χ0) is 7.40. The average molecular weight is 140 g/mol. The molecule has 1 rings (SSSR count). The smallest absolute Gasteiger partial charge is 0.251 e. The van der Waals surface area contributed by atoms with E-state index in [9.17, 15) is 0 Å². The van der Waals surface area contributed by atoms with Gasteiger partial charge in [0.05, 0.1) is 6.26 Å². The fraction of sp³-hybridized carbons (Fsp3) is 0.167. The molecule has 0 aliphatic rings. The van der Waals surface area contributed by atoms with Crippen LogP contribution in [-0.4, -0.2) is 12.6 Å². The fourth-order valence-electron chi connectivity index (χ4n) is 0.562. The van der Waals surface area contributed by atoms with E-state index in [1.54, 1.807) is 12.1 Å². The minimum absolute atomic E-state index is 0.000463. The third-order valence-electron chi connectivity index (χ3n) is 0.973. The predicted octanol–water partition coefficient (Wildman–Crippen LogP) is 0.538. The second kappa shape index (κ2) is 3.03. The highest BCUT2D eigenvalue weighted by Gasteiger charge is 2.02. The number of nitrogens with one attached hydrogen (secondary N) is 1. The van der Waals surface area contributed by atoms with Crippen molar-refractivity contribution < 1.29 is 9.15 Å². The van der Waals surface area contributed by atoms with E-state index in [1.165, 1.54) is 6.26 Å². The zero-order valence-electron chi connectivity index (χ0n) is 5.33. The highest BCUT2D eigenvalue weighted by Crippen LogP contribution is 2.00. The van der Waals surface area contributed by atoms with Crippen molar-refractivity contribution in [3.05, 3.63) is 24.2 Å². The molecule has 0 saturated heterocycles. The summed E-state index contributed by atoms with van der Waals surface area (Å²) in [6, 6.07) is 3.32. The summed E-state index contributed by atoms with van der Waals surface area (Å²) in [4.78, 5) is 0. The minimum Gasteiger partial charge on any atom is -0.460 e. The van der Waals surface area contributed by atoms with E-state index in [0.29, 0.717) is 5.76 Å². The Morgan fingerprint density at radius 2 is 2.60 bits per heavy atom. The molecule has 0 aliphatic heterocycles. The van der Waals surface area contributed by atoms with Gasteiger partial charge in [0.2, 0.25) is 0 Å². The van der Waals surface area contributed by atoms with Crippen molar-refractivity contribution in [3.8, 4) is 0 Å². The summed E-state index contributed by atoms with van der Waals surface area (Å²) in [5, 5.41) is 7.15. The third kappa shape index (κ3) is 1.35. The summed E-state index contributed by atoms with van der Waals surface area (Å²) in [6.45, 7) is -0.000463. The molecule has 1 aromatic heterocycles. The van der Waals surface area contributed by atoms with Crippen LogP contribution in [0.1, 0.15) is 5.76 Å². The van der Waals surface area contributed by atoms with Crippen LogP contribution in [0.15, 0.2) is 22.8 Å². The molecule has 4 nitrogen and oxygen atoms in total. The average Bonchev–Trinajstić information content (AvgIpc) is 2.38. The van der Waals surface area contributed by atoms with Crippen LogP contribution in [0.4, 0.5) is 0 Å². The molecule has 10 heavy (non-hydrogen) atoms. The molecular formula is C6H8N2O2. The zero-order valence-corrected chi connectivity index (χ0v) is 5.33. The molecule has 0 aromatic carbocycles. The molecule has 0 spiro atoms. The van der Waals surface area contributed by atoms with E-state index in [-0.39, 0.29) is 12.6 Å². The Labute approximate surface area is 58.1 Å². The van der Waals surface area contributed by atoms with E-state index >= 15 is 0 Å². The Morgan fingerprint density at radius 3 is 3.10 bits per heavy atom. The highest BCUT2D eigenvalue weighted by molar-refractivity contribution is 5.88. The fourth-order valence-corrected chi connectivity index (χ4v) is 0.562. The van der Waals surface area contributed by atoms with Gasteiger partial charge < -0.3 is 9.15 Å². The van der Waals surface area contributed by atoms with Crippen molar-refractivity contribution in [3.63, 3.8) is 0 Å². The lowest BCUT2D eigenvalue weighted by atomic mass is 10.4. The first-order valence-electron chi connectivity index (χ1n) is 2.80. The molecule has 54 valence electrons. The molecule has 4 heteroatoms. The van der Waals surface area contributed by atoms with Crippen LogP contribution in [0.5, 0.6) is 0 Å². The molecule has 0 amide bonds. The van der Waals surface area contributed by atoms with Gasteiger partial charge in [-0.2, -0.15) is 0 Å². The van der Waals surface area contributed by atoms with E-state index in [0.717, 1.165) is 0 Å². The summed E-state index contributed by atoms with van der Waals surface area (Å²) in [5.41, 5.74) is 5.03. The summed E-state index contributed by atoms with van der Waals surface area (Å²) in [7, 11) is 0. The largest absolute Gasteiger partial charge is 0.460 e. The predicted molar refractivity (Wildman–Crippen MR) is 35.7 cm³/mol. The molecule has 0 unspecified atom stereocenters. The molecule has 0 fully saturated rings. The van der Waals surface area contributed by atoms with Crippen LogP contribution in [-0.2, 0) is 4.74 Å². The lowest BCUT2D eigenvalue weighted by Crippen LogP contribution is -2.11. The van der Waals surface area contributed by atoms with Gasteiger partial charge >= 0.3 is 0 Å². The van der Waals surface area contributed by atoms with Gasteiger partial charge in [0.25, 0.3) is 5.90 Å². The van der Waals surface area contributed by atoms with Crippen LogP contribution in [0, 0.1) is 5.41 Å². The second-order valence-electron chi connectivity index (χ2n) is 1.62. The monoisotopic (exact) mass is 140 g/mol. The van der Waals surface area contributed by atoms with Gasteiger partial charge in [-0.25, -0.2) is 0 Å². The second-order valence-corrected chi connectivity index (χ2v) is 1.62. The number of ether oxygens (including phenoxy) is 1. The van der Waals surface area contributed by atoms with Crippen molar-refractivity contribution in [1.29, 1.82) is 5.41 Å². The number of hydrogen-bond acceptors (Lipinski definition) is 4. The van der Waals surface area contributed by atoms with Crippen LogP contribution < -0.4 is 5.73 Å². The Hall–Kier alpha value is -1.29. The number of furan rings is 1. The first-order valence-corrected chi connectivity index (χ1v) is 2.80. The maximum Gasteiger partial charge on any atom is 0.251 e. The van der Waals surface area contributed by atoms with Gasteiger partial charge in [-0.15, -0.1) is 0 Å². The Bertz CT molecular complexity index is 206.